The van der Waals surface area contributed by atoms with Crippen molar-refractivity contribution in [1.82, 2.24) is 10.3 Å². The van der Waals surface area contributed by atoms with E-state index in [9.17, 15) is 0 Å². The van der Waals surface area contributed by atoms with E-state index in [1.54, 1.807) is 11.3 Å². The molecule has 1 aromatic rings. The van der Waals surface area contributed by atoms with Gasteiger partial charge < -0.3 is 10.1 Å². The van der Waals surface area contributed by atoms with Crippen LogP contribution in [-0.2, 0) is 17.9 Å². The SMILES string of the molecule is CC(C)NCc1nc(COCC2CCCC2)cs1. The van der Waals surface area contributed by atoms with E-state index in [0.717, 1.165) is 29.8 Å². The van der Waals surface area contributed by atoms with Crippen molar-refractivity contribution in [3.63, 3.8) is 0 Å². The first-order valence-corrected chi connectivity index (χ1v) is 7.86. The fourth-order valence-electron chi connectivity index (χ4n) is 2.30. The third-order valence-corrected chi connectivity index (χ3v) is 4.24. The van der Waals surface area contributed by atoms with Crippen molar-refractivity contribution in [1.29, 1.82) is 0 Å². The molecule has 18 heavy (non-hydrogen) atoms. The van der Waals surface area contributed by atoms with Crippen LogP contribution in [0.5, 0.6) is 0 Å². The minimum absolute atomic E-state index is 0.510. The molecule has 0 aliphatic heterocycles. The van der Waals surface area contributed by atoms with Crippen LogP contribution in [0.3, 0.4) is 0 Å². The third kappa shape index (κ3) is 4.67. The number of rotatable bonds is 7. The van der Waals surface area contributed by atoms with Crippen molar-refractivity contribution in [2.45, 2.75) is 58.7 Å². The Morgan fingerprint density at radius 1 is 1.44 bits per heavy atom. The lowest BCUT2D eigenvalue weighted by atomic mass is 10.1. The highest BCUT2D eigenvalue weighted by Gasteiger charge is 2.15. The van der Waals surface area contributed by atoms with Gasteiger partial charge in [0.05, 0.1) is 12.3 Å². The zero-order valence-electron chi connectivity index (χ0n) is 11.4. The van der Waals surface area contributed by atoms with Crippen LogP contribution in [0.15, 0.2) is 5.38 Å². The summed E-state index contributed by atoms with van der Waals surface area (Å²) < 4.78 is 5.77. The summed E-state index contributed by atoms with van der Waals surface area (Å²) in [5, 5.41) is 6.66. The lowest BCUT2D eigenvalue weighted by molar-refractivity contribution is 0.0869. The molecule has 1 fully saturated rings. The average molecular weight is 268 g/mol. The summed E-state index contributed by atoms with van der Waals surface area (Å²) in [6.07, 6.45) is 5.47. The van der Waals surface area contributed by atoms with Crippen molar-refractivity contribution in [3.8, 4) is 0 Å². The van der Waals surface area contributed by atoms with Gasteiger partial charge in [0, 0.05) is 24.6 Å². The Morgan fingerprint density at radius 3 is 2.94 bits per heavy atom. The Hall–Kier alpha value is -0.450. The molecule has 1 saturated carbocycles. The van der Waals surface area contributed by atoms with Gasteiger partial charge in [0.1, 0.15) is 5.01 Å². The first-order valence-electron chi connectivity index (χ1n) is 6.98. The molecule has 3 nitrogen and oxygen atoms in total. The summed E-state index contributed by atoms with van der Waals surface area (Å²) in [7, 11) is 0. The van der Waals surface area contributed by atoms with Crippen LogP contribution in [-0.4, -0.2) is 17.6 Å². The molecule has 1 heterocycles. The Balaban J connectivity index is 1.66. The highest BCUT2D eigenvalue weighted by Crippen LogP contribution is 2.25. The predicted molar refractivity (Wildman–Crippen MR) is 75.7 cm³/mol. The summed E-state index contributed by atoms with van der Waals surface area (Å²) in [6.45, 7) is 6.76. The Bertz CT molecular complexity index is 345. The van der Waals surface area contributed by atoms with Crippen molar-refractivity contribution in [2.24, 2.45) is 5.92 Å². The van der Waals surface area contributed by atoms with Crippen molar-refractivity contribution in [2.75, 3.05) is 6.61 Å². The summed E-state index contributed by atoms with van der Waals surface area (Å²) in [5.41, 5.74) is 1.08. The monoisotopic (exact) mass is 268 g/mol. The van der Waals surface area contributed by atoms with Gasteiger partial charge in [-0.1, -0.05) is 26.7 Å². The predicted octanol–water partition coefficient (Wildman–Crippen LogP) is 3.35. The molecule has 1 aliphatic carbocycles. The molecule has 0 saturated heterocycles. The van der Waals surface area contributed by atoms with Crippen molar-refractivity contribution < 1.29 is 4.74 Å². The molecule has 0 amide bonds. The third-order valence-electron chi connectivity index (χ3n) is 3.34. The highest BCUT2D eigenvalue weighted by molar-refractivity contribution is 7.09. The lowest BCUT2D eigenvalue weighted by Crippen LogP contribution is -2.21. The van der Waals surface area contributed by atoms with Crippen LogP contribution in [0.4, 0.5) is 0 Å². The van der Waals surface area contributed by atoms with Crippen LogP contribution in [0.2, 0.25) is 0 Å². The average Bonchev–Trinajstić information content (AvgIpc) is 2.97. The van der Waals surface area contributed by atoms with Gasteiger partial charge in [-0.15, -0.1) is 11.3 Å². The van der Waals surface area contributed by atoms with Crippen LogP contribution in [0.25, 0.3) is 0 Å². The molecule has 1 aliphatic rings. The molecule has 0 bridgehead atoms. The Morgan fingerprint density at radius 2 is 2.22 bits per heavy atom. The number of nitrogens with zero attached hydrogens (tertiary/aromatic N) is 1. The van der Waals surface area contributed by atoms with E-state index < -0.39 is 0 Å². The number of thiazole rings is 1. The highest BCUT2D eigenvalue weighted by atomic mass is 32.1. The maximum Gasteiger partial charge on any atom is 0.107 e. The number of hydrogen-bond acceptors (Lipinski definition) is 4. The molecular formula is C14H24N2OS. The number of ether oxygens (including phenoxy) is 1. The standard InChI is InChI=1S/C14H24N2OS/c1-11(2)15-7-14-16-13(10-18-14)9-17-8-12-5-3-4-6-12/h10-12,15H,3-9H2,1-2H3. The minimum atomic E-state index is 0.510. The summed E-state index contributed by atoms with van der Waals surface area (Å²) in [4.78, 5) is 4.58. The van der Waals surface area contributed by atoms with E-state index in [1.165, 1.54) is 25.7 Å². The summed E-state index contributed by atoms with van der Waals surface area (Å²) in [6, 6.07) is 0.510. The van der Waals surface area contributed by atoms with Crippen molar-refractivity contribution >= 4 is 11.3 Å². The molecule has 0 radical (unpaired) electrons. The second-order valence-corrected chi connectivity index (χ2v) is 6.38. The zero-order valence-corrected chi connectivity index (χ0v) is 12.3. The van der Waals surface area contributed by atoms with E-state index in [2.05, 4.69) is 29.5 Å². The smallest absolute Gasteiger partial charge is 0.107 e. The molecular weight excluding hydrogens is 244 g/mol. The van der Waals surface area contributed by atoms with Gasteiger partial charge in [0.2, 0.25) is 0 Å². The van der Waals surface area contributed by atoms with E-state index in [0.29, 0.717) is 12.6 Å². The maximum atomic E-state index is 5.77. The number of aromatic nitrogens is 1. The van der Waals surface area contributed by atoms with Crippen molar-refractivity contribution in [3.05, 3.63) is 16.1 Å². The number of hydrogen-bond donors (Lipinski definition) is 1. The van der Waals surface area contributed by atoms with Gasteiger partial charge in [-0.3, -0.25) is 0 Å². The molecule has 1 aromatic heterocycles. The topological polar surface area (TPSA) is 34.2 Å². The lowest BCUT2D eigenvalue weighted by Gasteiger charge is -2.08. The molecule has 4 heteroatoms. The Kier molecular flexibility index (Phi) is 5.60. The van der Waals surface area contributed by atoms with Crippen LogP contribution >= 0.6 is 11.3 Å². The van der Waals surface area contributed by atoms with Crippen LogP contribution < -0.4 is 5.32 Å². The minimum Gasteiger partial charge on any atom is -0.375 e. The fraction of sp³-hybridized carbons (Fsp3) is 0.786. The molecule has 1 N–H and O–H groups in total. The molecule has 2 rings (SSSR count). The van der Waals surface area contributed by atoms with Crippen LogP contribution in [0, 0.1) is 5.92 Å². The quantitative estimate of drug-likeness (QED) is 0.823. The number of nitrogens with one attached hydrogen (secondary N) is 1. The molecule has 0 aromatic carbocycles. The zero-order chi connectivity index (χ0) is 12.8. The molecule has 0 spiro atoms. The summed E-state index contributed by atoms with van der Waals surface area (Å²) >= 11 is 1.72. The fourth-order valence-corrected chi connectivity index (χ4v) is 3.02. The normalized spacial score (nSPS) is 16.8. The maximum absolute atomic E-state index is 5.77. The second kappa shape index (κ2) is 7.22. The molecule has 0 atom stereocenters. The van der Waals surface area contributed by atoms with Gasteiger partial charge in [0.25, 0.3) is 0 Å². The van der Waals surface area contributed by atoms with Gasteiger partial charge in [-0.25, -0.2) is 4.98 Å². The van der Waals surface area contributed by atoms with E-state index in [1.807, 2.05) is 0 Å². The second-order valence-electron chi connectivity index (χ2n) is 5.43. The van der Waals surface area contributed by atoms with E-state index in [-0.39, 0.29) is 0 Å². The van der Waals surface area contributed by atoms with E-state index >= 15 is 0 Å². The van der Waals surface area contributed by atoms with Gasteiger partial charge in [0.15, 0.2) is 0 Å². The first-order chi connectivity index (χ1) is 8.74. The van der Waals surface area contributed by atoms with Gasteiger partial charge >= 0.3 is 0 Å². The molecule has 0 unspecified atom stereocenters. The van der Waals surface area contributed by atoms with Gasteiger partial charge in [-0.2, -0.15) is 0 Å². The summed E-state index contributed by atoms with van der Waals surface area (Å²) in [5.74, 6) is 0.797. The Labute approximate surface area is 114 Å². The van der Waals surface area contributed by atoms with E-state index in [4.69, 9.17) is 4.74 Å². The van der Waals surface area contributed by atoms with Gasteiger partial charge in [-0.05, 0) is 18.8 Å². The van der Waals surface area contributed by atoms with Crippen LogP contribution in [0.1, 0.15) is 50.2 Å². The molecule has 102 valence electrons. The largest absolute Gasteiger partial charge is 0.375 e. The first kappa shape index (κ1) is 14.0.